The lowest BCUT2D eigenvalue weighted by Crippen LogP contribution is -2.49. The van der Waals surface area contributed by atoms with Gasteiger partial charge in [-0.15, -0.1) is 0 Å². The number of nitrogens with zero attached hydrogens (tertiary/aromatic N) is 3. The number of fused-ring (bicyclic) bond motifs is 1. The third kappa shape index (κ3) is 4.89. The Bertz CT molecular complexity index is 981. The first kappa shape index (κ1) is 21.7. The smallest absolute Gasteiger partial charge is 0.407 e. The summed E-state index contributed by atoms with van der Waals surface area (Å²) in [6.07, 6.45) is 6.00. The first-order valence-corrected chi connectivity index (χ1v) is 11.5. The first-order valence-electron chi connectivity index (χ1n) is 10.7. The summed E-state index contributed by atoms with van der Waals surface area (Å²) in [7, 11) is 0. The average molecular weight is 493 g/mol. The van der Waals surface area contributed by atoms with Crippen molar-refractivity contribution in [3.63, 3.8) is 0 Å². The minimum absolute atomic E-state index is 0.0308. The van der Waals surface area contributed by atoms with Gasteiger partial charge in [-0.1, -0.05) is 0 Å². The number of pyridine rings is 1. The van der Waals surface area contributed by atoms with Crippen molar-refractivity contribution in [1.82, 2.24) is 20.2 Å². The zero-order valence-corrected chi connectivity index (χ0v) is 19.7. The summed E-state index contributed by atoms with van der Waals surface area (Å²) in [6.45, 7) is 8.61. The van der Waals surface area contributed by atoms with Crippen LogP contribution in [0.2, 0.25) is 0 Å². The maximum Gasteiger partial charge on any atom is 0.407 e. The number of amides is 3. The standard InChI is InChI=1S/C21H29BrN6O3/c1-21(2,3)31-20(30)25-13-6-4-7-28(12-13)17-14(22)10-23-18-16(17)15(11-24-18)26-19(29)27-8-5-9-27/h10-11,13H,4-9,12H2,1-3H3,(H,23,24)(H,25,30)(H,26,29)/t13-/m1/s1. The van der Waals surface area contributed by atoms with Gasteiger partial charge in [0.15, 0.2) is 0 Å². The molecule has 0 spiro atoms. The van der Waals surface area contributed by atoms with E-state index in [9.17, 15) is 9.59 Å². The highest BCUT2D eigenvalue weighted by Crippen LogP contribution is 2.39. The van der Waals surface area contributed by atoms with Crippen LogP contribution < -0.4 is 15.5 Å². The number of piperidine rings is 1. The van der Waals surface area contributed by atoms with Gasteiger partial charge in [0.2, 0.25) is 0 Å². The van der Waals surface area contributed by atoms with E-state index in [4.69, 9.17) is 4.74 Å². The molecule has 0 saturated carbocycles. The molecular formula is C21H29BrN6O3. The van der Waals surface area contributed by atoms with Crippen molar-refractivity contribution in [2.45, 2.75) is 51.7 Å². The Hall–Kier alpha value is -2.49. The molecule has 1 atom stereocenters. The third-order valence-corrected chi connectivity index (χ3v) is 6.05. The lowest BCUT2D eigenvalue weighted by Gasteiger charge is -2.36. The van der Waals surface area contributed by atoms with Crippen molar-refractivity contribution in [3.8, 4) is 0 Å². The molecule has 10 heteroatoms. The molecule has 2 aromatic rings. The molecule has 2 saturated heterocycles. The van der Waals surface area contributed by atoms with Crippen molar-refractivity contribution < 1.29 is 14.3 Å². The van der Waals surface area contributed by atoms with Gasteiger partial charge in [0, 0.05) is 44.6 Å². The van der Waals surface area contributed by atoms with E-state index < -0.39 is 11.7 Å². The van der Waals surface area contributed by atoms with Gasteiger partial charge in [-0.25, -0.2) is 14.6 Å². The van der Waals surface area contributed by atoms with E-state index >= 15 is 0 Å². The summed E-state index contributed by atoms with van der Waals surface area (Å²) < 4.78 is 6.26. The number of rotatable bonds is 3. The van der Waals surface area contributed by atoms with E-state index in [1.807, 2.05) is 20.8 Å². The van der Waals surface area contributed by atoms with Crippen LogP contribution in [0.25, 0.3) is 11.0 Å². The van der Waals surface area contributed by atoms with Crippen LogP contribution >= 0.6 is 15.9 Å². The van der Waals surface area contributed by atoms with Crippen molar-refractivity contribution in [1.29, 1.82) is 0 Å². The molecule has 0 bridgehead atoms. The van der Waals surface area contributed by atoms with Crippen molar-refractivity contribution >= 4 is 50.5 Å². The summed E-state index contributed by atoms with van der Waals surface area (Å²) in [5.74, 6) is 0. The first-order chi connectivity index (χ1) is 14.7. The zero-order valence-electron chi connectivity index (χ0n) is 18.1. The molecule has 0 radical (unpaired) electrons. The van der Waals surface area contributed by atoms with Gasteiger partial charge < -0.3 is 30.2 Å². The minimum atomic E-state index is -0.534. The van der Waals surface area contributed by atoms with Crippen LogP contribution in [0.1, 0.15) is 40.0 Å². The molecule has 168 valence electrons. The molecule has 3 amide bonds. The van der Waals surface area contributed by atoms with E-state index in [1.165, 1.54) is 0 Å². The van der Waals surface area contributed by atoms with Crippen LogP contribution in [-0.4, -0.2) is 64.8 Å². The molecule has 2 aromatic heterocycles. The Labute approximate surface area is 190 Å². The van der Waals surface area contributed by atoms with E-state index in [1.54, 1.807) is 17.3 Å². The third-order valence-electron chi connectivity index (χ3n) is 5.47. The second-order valence-electron chi connectivity index (χ2n) is 9.08. The van der Waals surface area contributed by atoms with Gasteiger partial charge in [0.1, 0.15) is 11.2 Å². The largest absolute Gasteiger partial charge is 0.444 e. The molecule has 9 nitrogen and oxygen atoms in total. The van der Waals surface area contributed by atoms with E-state index in [-0.39, 0.29) is 12.1 Å². The molecule has 4 heterocycles. The van der Waals surface area contributed by atoms with Crippen molar-refractivity contribution in [2.24, 2.45) is 0 Å². The quantitative estimate of drug-likeness (QED) is 0.599. The number of H-pyrrole nitrogens is 1. The van der Waals surface area contributed by atoms with Crippen LogP contribution in [0.4, 0.5) is 21.0 Å². The van der Waals surface area contributed by atoms with Crippen LogP contribution in [0, 0.1) is 0 Å². The van der Waals surface area contributed by atoms with Gasteiger partial charge in [0.05, 0.1) is 21.2 Å². The van der Waals surface area contributed by atoms with Crippen LogP contribution in [0.5, 0.6) is 0 Å². The highest BCUT2D eigenvalue weighted by molar-refractivity contribution is 9.10. The molecule has 2 aliphatic heterocycles. The zero-order chi connectivity index (χ0) is 22.2. The van der Waals surface area contributed by atoms with Gasteiger partial charge in [-0.2, -0.15) is 0 Å². The maximum absolute atomic E-state index is 12.5. The second kappa shape index (κ2) is 8.57. The average Bonchev–Trinajstić information content (AvgIpc) is 3.01. The molecule has 2 fully saturated rings. The molecule has 0 unspecified atom stereocenters. The topological polar surface area (TPSA) is 103 Å². The fourth-order valence-corrected chi connectivity index (χ4v) is 4.50. The number of aromatic amines is 1. The highest BCUT2D eigenvalue weighted by atomic mass is 79.9. The van der Waals surface area contributed by atoms with E-state index in [2.05, 4.69) is 41.4 Å². The molecule has 31 heavy (non-hydrogen) atoms. The number of anilines is 2. The lowest BCUT2D eigenvalue weighted by molar-refractivity contribution is 0.0500. The number of halogens is 1. The van der Waals surface area contributed by atoms with Crippen molar-refractivity contribution in [3.05, 3.63) is 16.9 Å². The van der Waals surface area contributed by atoms with Gasteiger partial charge in [-0.3, -0.25) is 0 Å². The van der Waals surface area contributed by atoms with Crippen LogP contribution in [0.15, 0.2) is 16.9 Å². The second-order valence-corrected chi connectivity index (χ2v) is 9.94. The summed E-state index contributed by atoms with van der Waals surface area (Å²) in [4.78, 5) is 36.4. The number of likely N-dealkylation sites (tertiary alicyclic amines) is 1. The molecule has 0 aromatic carbocycles. The minimum Gasteiger partial charge on any atom is -0.444 e. The summed E-state index contributed by atoms with van der Waals surface area (Å²) >= 11 is 3.65. The maximum atomic E-state index is 12.5. The van der Waals surface area contributed by atoms with Gasteiger partial charge in [0.25, 0.3) is 0 Å². The summed E-state index contributed by atoms with van der Waals surface area (Å²) in [5, 5.41) is 6.88. The number of carbonyl (C=O) groups is 2. The van der Waals surface area contributed by atoms with E-state index in [0.717, 1.165) is 54.4 Å². The number of aromatic nitrogens is 2. The molecule has 2 aliphatic rings. The number of carbonyl (C=O) groups excluding carboxylic acids is 2. The number of alkyl carbamates (subject to hydrolysis) is 1. The Morgan fingerprint density at radius 1 is 1.26 bits per heavy atom. The van der Waals surface area contributed by atoms with E-state index in [0.29, 0.717) is 17.9 Å². The molecule has 3 N–H and O–H groups in total. The Balaban J connectivity index is 1.56. The SMILES string of the molecule is CC(C)(C)OC(=O)N[C@@H]1CCCN(c2c(Br)cnc3[nH]cc(NC(=O)N4CCC4)c23)C1. The van der Waals surface area contributed by atoms with Crippen molar-refractivity contribution in [2.75, 3.05) is 36.4 Å². The number of urea groups is 1. The molecular weight excluding hydrogens is 464 g/mol. The number of nitrogens with one attached hydrogen (secondary N) is 3. The fourth-order valence-electron chi connectivity index (χ4n) is 3.95. The number of ether oxygens (including phenoxy) is 1. The fraction of sp³-hybridized carbons (Fsp3) is 0.571. The highest BCUT2D eigenvalue weighted by Gasteiger charge is 2.28. The summed E-state index contributed by atoms with van der Waals surface area (Å²) in [6, 6.07) is -0.127. The predicted octanol–water partition coefficient (Wildman–Crippen LogP) is 4.06. The number of hydrogen-bond donors (Lipinski definition) is 3. The van der Waals surface area contributed by atoms with Crippen LogP contribution in [-0.2, 0) is 4.74 Å². The number of hydrogen-bond acceptors (Lipinski definition) is 5. The molecule has 0 aliphatic carbocycles. The Morgan fingerprint density at radius 3 is 2.71 bits per heavy atom. The monoisotopic (exact) mass is 492 g/mol. The summed E-state index contributed by atoms with van der Waals surface area (Å²) in [5.41, 5.74) is 1.84. The normalized spacial score (nSPS) is 19.2. The van der Waals surface area contributed by atoms with Crippen LogP contribution in [0.3, 0.4) is 0 Å². The Kier molecular flexibility index (Phi) is 6.00. The molecule has 4 rings (SSSR count). The Morgan fingerprint density at radius 2 is 2.03 bits per heavy atom. The lowest BCUT2D eigenvalue weighted by atomic mass is 10.0. The van der Waals surface area contributed by atoms with Gasteiger partial charge in [-0.05, 0) is 56.0 Å². The van der Waals surface area contributed by atoms with Gasteiger partial charge >= 0.3 is 12.1 Å². The predicted molar refractivity (Wildman–Crippen MR) is 124 cm³/mol.